The fraction of sp³-hybridized carbons (Fsp3) is 0.433. The first kappa shape index (κ1) is 27.5. The highest BCUT2D eigenvalue weighted by atomic mass is 16.5. The molecule has 1 N–H and O–H groups in total. The first-order chi connectivity index (χ1) is 18.4. The Bertz CT molecular complexity index is 1180. The van der Waals surface area contributed by atoms with Crippen LogP contribution >= 0.6 is 0 Å². The van der Waals surface area contributed by atoms with Crippen molar-refractivity contribution < 1.29 is 23.9 Å². The van der Waals surface area contributed by atoms with Crippen LogP contribution in [0.1, 0.15) is 53.2 Å². The zero-order valence-corrected chi connectivity index (χ0v) is 22.5. The number of carbonyl (C=O) groups is 3. The zero-order valence-electron chi connectivity index (χ0n) is 22.5. The summed E-state index contributed by atoms with van der Waals surface area (Å²) in [6, 6.07) is 15.2. The number of nitrogens with one attached hydrogen (secondary N) is 1. The van der Waals surface area contributed by atoms with E-state index in [0.717, 1.165) is 49.5 Å². The van der Waals surface area contributed by atoms with Crippen LogP contribution in [0, 0.1) is 6.92 Å². The molecule has 8 nitrogen and oxygen atoms in total. The first-order valence-corrected chi connectivity index (χ1v) is 13.3. The molecule has 202 valence electrons. The molecule has 0 bridgehead atoms. The van der Waals surface area contributed by atoms with Gasteiger partial charge in [0, 0.05) is 49.8 Å². The molecule has 0 radical (unpaired) electrons. The lowest BCUT2D eigenvalue weighted by molar-refractivity contribution is -0.140. The Kier molecular flexibility index (Phi) is 9.31. The molecular weight excluding hydrogens is 482 g/mol. The molecule has 0 spiro atoms. The number of allylic oxidation sites excluding steroid dienone is 1. The van der Waals surface area contributed by atoms with Crippen LogP contribution in [0.15, 0.2) is 59.8 Å². The predicted octanol–water partition coefficient (Wildman–Crippen LogP) is 3.41. The summed E-state index contributed by atoms with van der Waals surface area (Å²) >= 11 is 0. The van der Waals surface area contributed by atoms with E-state index in [9.17, 15) is 14.4 Å². The number of hydrogen-bond donors (Lipinski definition) is 1. The number of morpholine rings is 1. The van der Waals surface area contributed by atoms with E-state index in [-0.39, 0.29) is 30.8 Å². The highest BCUT2D eigenvalue weighted by Crippen LogP contribution is 2.38. The second-order valence-electron chi connectivity index (χ2n) is 9.78. The summed E-state index contributed by atoms with van der Waals surface area (Å²) in [4.78, 5) is 42.8. The molecule has 2 aliphatic heterocycles. The van der Waals surface area contributed by atoms with Crippen LogP contribution in [0.3, 0.4) is 0 Å². The maximum absolute atomic E-state index is 13.3. The summed E-state index contributed by atoms with van der Waals surface area (Å²) in [5.74, 6) is -0.910. The molecule has 1 fully saturated rings. The normalized spacial score (nSPS) is 18.4. The average molecular weight is 520 g/mol. The lowest BCUT2D eigenvalue weighted by Crippen LogP contribution is -2.41. The number of esters is 1. The van der Waals surface area contributed by atoms with Crippen molar-refractivity contribution in [3.05, 3.63) is 82.1 Å². The monoisotopic (exact) mass is 519 g/mol. The Morgan fingerprint density at radius 3 is 2.50 bits per heavy atom. The Labute approximate surface area is 224 Å². The third-order valence-corrected chi connectivity index (χ3v) is 7.14. The van der Waals surface area contributed by atoms with Gasteiger partial charge in [-0.15, -0.1) is 0 Å². The van der Waals surface area contributed by atoms with Gasteiger partial charge in [-0.25, -0.2) is 4.79 Å². The summed E-state index contributed by atoms with van der Waals surface area (Å²) in [6.45, 7) is 10.8. The van der Waals surface area contributed by atoms with Crippen molar-refractivity contribution >= 4 is 17.8 Å². The van der Waals surface area contributed by atoms with E-state index in [4.69, 9.17) is 9.47 Å². The van der Waals surface area contributed by atoms with Gasteiger partial charge in [-0.1, -0.05) is 42.0 Å². The van der Waals surface area contributed by atoms with E-state index in [0.29, 0.717) is 29.9 Å². The molecule has 0 aliphatic carbocycles. The zero-order chi connectivity index (χ0) is 27.1. The SMILES string of the molecule is CCOC(=O)C1=C(C)N(Cc2ccc(C(=O)NCCN3CCOCC3)cc2)C(=O)CC1c1cccc(C)c1. The van der Waals surface area contributed by atoms with Gasteiger partial charge in [-0.3, -0.25) is 14.5 Å². The molecule has 4 rings (SSSR count). The predicted molar refractivity (Wildman–Crippen MR) is 144 cm³/mol. The van der Waals surface area contributed by atoms with E-state index < -0.39 is 5.97 Å². The summed E-state index contributed by atoms with van der Waals surface area (Å²) in [6.07, 6.45) is 0.193. The van der Waals surface area contributed by atoms with Gasteiger partial charge < -0.3 is 19.7 Å². The second-order valence-corrected chi connectivity index (χ2v) is 9.78. The van der Waals surface area contributed by atoms with Crippen molar-refractivity contribution in [1.29, 1.82) is 0 Å². The minimum absolute atomic E-state index is 0.0491. The quantitative estimate of drug-likeness (QED) is 0.511. The number of nitrogens with zero attached hydrogens (tertiary/aromatic N) is 2. The lowest BCUT2D eigenvalue weighted by atomic mass is 9.83. The third kappa shape index (κ3) is 6.68. The Morgan fingerprint density at radius 2 is 1.82 bits per heavy atom. The van der Waals surface area contributed by atoms with Gasteiger partial charge in [-0.05, 0) is 44.0 Å². The van der Waals surface area contributed by atoms with Crippen molar-refractivity contribution in [2.75, 3.05) is 46.0 Å². The lowest BCUT2D eigenvalue weighted by Gasteiger charge is -2.34. The van der Waals surface area contributed by atoms with Crippen LogP contribution < -0.4 is 5.32 Å². The van der Waals surface area contributed by atoms with Crippen molar-refractivity contribution in [2.45, 2.75) is 39.7 Å². The molecule has 8 heteroatoms. The Hall–Kier alpha value is -3.49. The van der Waals surface area contributed by atoms with Gasteiger partial charge in [-0.2, -0.15) is 0 Å². The van der Waals surface area contributed by atoms with Gasteiger partial charge in [0.25, 0.3) is 5.91 Å². The van der Waals surface area contributed by atoms with Crippen LogP contribution in [0.25, 0.3) is 0 Å². The minimum atomic E-state index is -0.391. The molecule has 1 atom stereocenters. The smallest absolute Gasteiger partial charge is 0.336 e. The van der Waals surface area contributed by atoms with Gasteiger partial charge in [0.05, 0.1) is 31.9 Å². The molecule has 1 saturated heterocycles. The molecule has 2 aliphatic rings. The second kappa shape index (κ2) is 12.8. The van der Waals surface area contributed by atoms with E-state index in [1.807, 2.05) is 50.2 Å². The van der Waals surface area contributed by atoms with Crippen LogP contribution in [0.2, 0.25) is 0 Å². The number of rotatable bonds is 9. The molecule has 2 amide bonds. The number of carbonyl (C=O) groups excluding carboxylic acids is 3. The number of amides is 2. The summed E-state index contributed by atoms with van der Waals surface area (Å²) in [7, 11) is 0. The van der Waals surface area contributed by atoms with Crippen LogP contribution in [0.5, 0.6) is 0 Å². The average Bonchev–Trinajstić information content (AvgIpc) is 2.91. The fourth-order valence-corrected chi connectivity index (χ4v) is 5.05. The van der Waals surface area contributed by atoms with Gasteiger partial charge in [0.1, 0.15) is 0 Å². The number of benzene rings is 2. The Balaban J connectivity index is 1.45. The van der Waals surface area contributed by atoms with E-state index in [1.54, 1.807) is 24.0 Å². The number of aryl methyl sites for hydroxylation is 1. The molecule has 2 aromatic carbocycles. The van der Waals surface area contributed by atoms with Crippen molar-refractivity contribution in [2.24, 2.45) is 0 Å². The van der Waals surface area contributed by atoms with E-state index in [1.165, 1.54) is 0 Å². The molecule has 1 unspecified atom stereocenters. The molecular formula is C30H37N3O5. The Morgan fingerprint density at radius 1 is 1.08 bits per heavy atom. The molecule has 2 heterocycles. The fourth-order valence-electron chi connectivity index (χ4n) is 5.05. The van der Waals surface area contributed by atoms with Crippen molar-refractivity contribution in [3.8, 4) is 0 Å². The van der Waals surface area contributed by atoms with Crippen LogP contribution in [0.4, 0.5) is 0 Å². The van der Waals surface area contributed by atoms with Gasteiger partial charge in [0.2, 0.25) is 5.91 Å². The van der Waals surface area contributed by atoms with E-state index in [2.05, 4.69) is 10.2 Å². The van der Waals surface area contributed by atoms with E-state index >= 15 is 0 Å². The van der Waals surface area contributed by atoms with Gasteiger partial charge in [0.15, 0.2) is 0 Å². The van der Waals surface area contributed by atoms with Crippen molar-refractivity contribution in [3.63, 3.8) is 0 Å². The van der Waals surface area contributed by atoms with Gasteiger partial charge >= 0.3 is 5.97 Å². The molecule has 38 heavy (non-hydrogen) atoms. The first-order valence-electron chi connectivity index (χ1n) is 13.3. The van der Waals surface area contributed by atoms with Crippen LogP contribution in [-0.2, 0) is 25.6 Å². The minimum Gasteiger partial charge on any atom is -0.463 e. The number of hydrogen-bond acceptors (Lipinski definition) is 6. The molecule has 0 saturated carbocycles. The van der Waals surface area contributed by atoms with Crippen molar-refractivity contribution in [1.82, 2.24) is 15.1 Å². The third-order valence-electron chi connectivity index (χ3n) is 7.14. The van der Waals surface area contributed by atoms with Crippen LogP contribution in [-0.4, -0.2) is 73.6 Å². The standard InChI is InChI=1S/C30H37N3O5/c1-4-38-30(36)28-22(3)33(27(34)19-26(28)25-7-5-6-21(2)18-25)20-23-8-10-24(11-9-23)29(35)31-12-13-32-14-16-37-17-15-32/h5-11,18,26H,4,12-17,19-20H2,1-3H3,(H,31,35). The highest BCUT2D eigenvalue weighted by molar-refractivity contribution is 5.96. The maximum atomic E-state index is 13.3. The summed E-state index contributed by atoms with van der Waals surface area (Å²) in [5, 5.41) is 2.97. The largest absolute Gasteiger partial charge is 0.463 e. The summed E-state index contributed by atoms with van der Waals surface area (Å²) in [5.41, 5.74) is 4.58. The molecule has 2 aromatic rings. The summed E-state index contributed by atoms with van der Waals surface area (Å²) < 4.78 is 10.7. The topological polar surface area (TPSA) is 88.2 Å². The highest BCUT2D eigenvalue weighted by Gasteiger charge is 2.36. The maximum Gasteiger partial charge on any atom is 0.336 e. The number of ether oxygens (including phenoxy) is 2. The molecule has 0 aromatic heterocycles.